The molecule has 0 amide bonds. The summed E-state index contributed by atoms with van der Waals surface area (Å²) in [5.74, 6) is -0.115. The number of anilines is 2. The van der Waals surface area contributed by atoms with Gasteiger partial charge in [0.05, 0.1) is 10.6 Å². The Morgan fingerprint density at radius 2 is 1.54 bits per heavy atom. The average molecular weight is 342 g/mol. The molecule has 0 radical (unpaired) electrons. The van der Waals surface area contributed by atoms with E-state index in [1.54, 1.807) is 30.3 Å². The van der Waals surface area contributed by atoms with Crippen LogP contribution in [0.4, 0.5) is 11.4 Å². The van der Waals surface area contributed by atoms with Gasteiger partial charge in [-0.05, 0) is 24.3 Å². The van der Waals surface area contributed by atoms with Crippen molar-refractivity contribution in [3.8, 4) is 5.75 Å². The van der Waals surface area contributed by atoms with Crippen molar-refractivity contribution < 1.29 is 13.5 Å². The highest BCUT2D eigenvalue weighted by atomic mass is 32.2. The highest BCUT2D eigenvalue weighted by Crippen LogP contribution is 2.32. The second-order valence-corrected chi connectivity index (χ2v) is 7.30. The summed E-state index contributed by atoms with van der Waals surface area (Å²) in [5.41, 5.74) is 1.09. The number of rotatable bonds is 4. The number of nitrogens with one attached hydrogen (secondary N) is 1. The third-order valence-corrected chi connectivity index (χ3v) is 5.20. The molecule has 0 saturated carbocycles. The Balaban J connectivity index is 2.15. The molecule has 0 aliphatic rings. The van der Waals surface area contributed by atoms with Gasteiger partial charge in [-0.25, -0.2) is 8.42 Å². The minimum absolute atomic E-state index is 0.115. The summed E-state index contributed by atoms with van der Waals surface area (Å²) in [7, 11) is -0.00761. The molecular formula is C18H18N2O3S. The van der Waals surface area contributed by atoms with Crippen LogP contribution in [0, 0.1) is 0 Å². The maximum atomic E-state index is 12.8. The summed E-state index contributed by atoms with van der Waals surface area (Å²) in [5, 5.41) is 11.3. The third-order valence-electron chi connectivity index (χ3n) is 3.78. The van der Waals surface area contributed by atoms with Gasteiger partial charge in [-0.2, -0.15) is 0 Å². The summed E-state index contributed by atoms with van der Waals surface area (Å²) >= 11 is 0. The number of sulfonamides is 1. The molecule has 0 atom stereocenters. The highest BCUT2D eigenvalue weighted by Gasteiger charge is 2.19. The monoisotopic (exact) mass is 342 g/mol. The van der Waals surface area contributed by atoms with Crippen LogP contribution in [0.15, 0.2) is 65.6 Å². The lowest BCUT2D eigenvalue weighted by Crippen LogP contribution is -2.14. The van der Waals surface area contributed by atoms with Gasteiger partial charge in [-0.15, -0.1) is 0 Å². The lowest BCUT2D eigenvalue weighted by Gasteiger charge is -2.17. The molecule has 5 nitrogen and oxygen atoms in total. The van der Waals surface area contributed by atoms with E-state index in [0.717, 1.165) is 11.1 Å². The molecule has 0 bridgehead atoms. The third kappa shape index (κ3) is 2.88. The van der Waals surface area contributed by atoms with Gasteiger partial charge in [0.25, 0.3) is 10.0 Å². The molecule has 0 spiro atoms. The van der Waals surface area contributed by atoms with Crippen LogP contribution in [0.5, 0.6) is 5.75 Å². The number of hydrogen-bond acceptors (Lipinski definition) is 4. The minimum atomic E-state index is -3.83. The molecule has 3 aromatic carbocycles. The fourth-order valence-corrected chi connectivity index (χ4v) is 3.95. The number of benzene rings is 3. The highest BCUT2D eigenvalue weighted by molar-refractivity contribution is 7.93. The maximum Gasteiger partial charge on any atom is 0.262 e. The van der Waals surface area contributed by atoms with Crippen LogP contribution in [0.2, 0.25) is 0 Å². The number of phenols is 1. The predicted molar refractivity (Wildman–Crippen MR) is 97.2 cm³/mol. The van der Waals surface area contributed by atoms with E-state index in [4.69, 9.17) is 0 Å². The number of aromatic hydroxyl groups is 1. The lowest BCUT2D eigenvalue weighted by atomic mass is 10.1. The number of phenolic OH excluding ortho intramolecular Hbond substituents is 1. The molecule has 0 aromatic heterocycles. The summed E-state index contributed by atoms with van der Waals surface area (Å²) < 4.78 is 28.1. The summed E-state index contributed by atoms with van der Waals surface area (Å²) in [6.45, 7) is 0. The van der Waals surface area contributed by atoms with E-state index < -0.39 is 10.0 Å². The normalized spacial score (nSPS) is 11.4. The summed E-state index contributed by atoms with van der Waals surface area (Å²) in [4.78, 5) is 2.11. The van der Waals surface area contributed by atoms with Crippen LogP contribution in [0.3, 0.4) is 0 Å². The molecule has 124 valence electrons. The first-order chi connectivity index (χ1) is 11.4. The Hall–Kier alpha value is -2.73. The van der Waals surface area contributed by atoms with Crippen LogP contribution < -0.4 is 9.62 Å². The predicted octanol–water partition coefficient (Wildman–Crippen LogP) is 3.41. The van der Waals surface area contributed by atoms with Crippen molar-refractivity contribution in [3.63, 3.8) is 0 Å². The van der Waals surface area contributed by atoms with E-state index in [0.29, 0.717) is 5.39 Å². The van der Waals surface area contributed by atoms with Crippen molar-refractivity contribution in [2.45, 2.75) is 4.90 Å². The van der Waals surface area contributed by atoms with Gasteiger partial charge in [0.1, 0.15) is 5.75 Å². The van der Waals surface area contributed by atoms with Gasteiger partial charge in [-0.3, -0.25) is 4.72 Å². The van der Waals surface area contributed by atoms with Crippen molar-refractivity contribution in [1.82, 2.24) is 0 Å². The molecule has 0 aliphatic heterocycles. The second kappa shape index (κ2) is 6.05. The standard InChI is InChI=1S/C18H18N2O3S/c1-20(2)16-10-5-8-14-13(16)7-6-12-18(14)24(22,23)19-15-9-3-4-11-17(15)21/h3-12,19,21H,1-2H3. The Bertz CT molecular complexity index is 998. The Kier molecular flexibility index (Phi) is 4.07. The van der Waals surface area contributed by atoms with Crippen molar-refractivity contribution in [3.05, 3.63) is 60.7 Å². The van der Waals surface area contributed by atoms with Crippen molar-refractivity contribution in [2.24, 2.45) is 0 Å². The minimum Gasteiger partial charge on any atom is -0.506 e. The quantitative estimate of drug-likeness (QED) is 0.713. The van der Waals surface area contributed by atoms with Gasteiger partial charge in [0.2, 0.25) is 0 Å². The maximum absolute atomic E-state index is 12.8. The van der Waals surface area contributed by atoms with Crippen molar-refractivity contribution in [2.75, 3.05) is 23.7 Å². The van der Waals surface area contributed by atoms with E-state index in [-0.39, 0.29) is 16.3 Å². The molecule has 0 heterocycles. The first-order valence-electron chi connectivity index (χ1n) is 7.40. The summed E-state index contributed by atoms with van der Waals surface area (Å²) in [6.07, 6.45) is 0. The molecule has 2 N–H and O–H groups in total. The fourth-order valence-electron chi connectivity index (χ4n) is 2.65. The molecule has 6 heteroatoms. The zero-order chi connectivity index (χ0) is 17.3. The number of hydrogen-bond donors (Lipinski definition) is 2. The molecule has 0 aliphatic carbocycles. The fraction of sp³-hybridized carbons (Fsp3) is 0.111. The SMILES string of the molecule is CN(C)c1cccc2c(S(=O)(=O)Nc3ccccc3O)cccc12. The number of nitrogens with zero attached hydrogens (tertiary/aromatic N) is 1. The zero-order valence-corrected chi connectivity index (χ0v) is 14.2. The van der Waals surface area contributed by atoms with Crippen LogP contribution in [-0.2, 0) is 10.0 Å². The topological polar surface area (TPSA) is 69.6 Å². The van der Waals surface area contributed by atoms with E-state index in [1.165, 1.54) is 12.1 Å². The van der Waals surface area contributed by atoms with E-state index in [2.05, 4.69) is 4.72 Å². The molecule has 3 rings (SSSR count). The first kappa shape index (κ1) is 16.1. The van der Waals surface area contributed by atoms with Crippen LogP contribution >= 0.6 is 0 Å². The Morgan fingerprint density at radius 3 is 2.25 bits per heavy atom. The van der Waals surface area contributed by atoms with E-state index in [9.17, 15) is 13.5 Å². The van der Waals surface area contributed by atoms with E-state index in [1.807, 2.05) is 37.2 Å². The molecule has 0 saturated heterocycles. The van der Waals surface area contributed by atoms with Crippen molar-refractivity contribution in [1.29, 1.82) is 0 Å². The molecule has 24 heavy (non-hydrogen) atoms. The molecule has 0 unspecified atom stereocenters. The lowest BCUT2D eigenvalue weighted by molar-refractivity contribution is 0.477. The van der Waals surface area contributed by atoms with Crippen LogP contribution in [0.25, 0.3) is 10.8 Å². The Labute approximate surface area is 141 Å². The van der Waals surface area contributed by atoms with Gasteiger partial charge < -0.3 is 10.0 Å². The number of para-hydroxylation sites is 2. The smallest absolute Gasteiger partial charge is 0.262 e. The van der Waals surface area contributed by atoms with Crippen LogP contribution in [-0.4, -0.2) is 27.6 Å². The van der Waals surface area contributed by atoms with Crippen molar-refractivity contribution >= 4 is 32.2 Å². The summed E-state index contributed by atoms with van der Waals surface area (Å²) in [6, 6.07) is 17.0. The van der Waals surface area contributed by atoms with Crippen LogP contribution in [0.1, 0.15) is 0 Å². The van der Waals surface area contributed by atoms with Gasteiger partial charge >= 0.3 is 0 Å². The molecule has 3 aromatic rings. The van der Waals surface area contributed by atoms with E-state index >= 15 is 0 Å². The van der Waals surface area contributed by atoms with Gasteiger partial charge in [-0.1, -0.05) is 36.4 Å². The zero-order valence-electron chi connectivity index (χ0n) is 13.4. The van der Waals surface area contributed by atoms with Gasteiger partial charge in [0.15, 0.2) is 0 Å². The largest absolute Gasteiger partial charge is 0.506 e. The molecule has 0 fully saturated rings. The average Bonchev–Trinajstić information content (AvgIpc) is 2.55. The first-order valence-corrected chi connectivity index (χ1v) is 8.88. The van der Waals surface area contributed by atoms with Gasteiger partial charge in [0, 0.05) is 30.6 Å². The second-order valence-electron chi connectivity index (χ2n) is 5.65. The Morgan fingerprint density at radius 1 is 0.875 bits per heavy atom. The number of fused-ring (bicyclic) bond motifs is 1. The molecular weight excluding hydrogens is 324 g/mol.